The fourth-order valence-corrected chi connectivity index (χ4v) is 5.69. The highest BCUT2D eigenvalue weighted by molar-refractivity contribution is 7.89. The number of carbonyl (C=O) groups is 5. The van der Waals surface area contributed by atoms with Gasteiger partial charge in [0.15, 0.2) is 5.78 Å². The molecule has 0 saturated carbocycles. The molecule has 0 radical (unpaired) electrons. The summed E-state index contributed by atoms with van der Waals surface area (Å²) >= 11 is 0. The molecule has 2 unspecified atom stereocenters. The van der Waals surface area contributed by atoms with E-state index in [0.29, 0.717) is 22.8 Å². The van der Waals surface area contributed by atoms with Gasteiger partial charge in [-0.15, -0.1) is 0 Å². The third-order valence-electron chi connectivity index (χ3n) is 6.74. The van der Waals surface area contributed by atoms with Crippen molar-refractivity contribution in [3.63, 3.8) is 0 Å². The maximum atomic E-state index is 13.7. The molecule has 0 saturated heterocycles. The summed E-state index contributed by atoms with van der Waals surface area (Å²) in [4.78, 5) is 65.4. The number of aryl methyl sites for hydroxylation is 1. The van der Waals surface area contributed by atoms with Crippen LogP contribution in [0.2, 0.25) is 0 Å². The first-order valence-corrected chi connectivity index (χ1v) is 17.5. The Morgan fingerprint density at radius 3 is 1.81 bits per heavy atom. The van der Waals surface area contributed by atoms with Crippen molar-refractivity contribution in [1.82, 2.24) is 14.9 Å². The molecule has 0 aliphatic heterocycles. The monoisotopic (exact) mass is 687 g/mol. The average molecular weight is 688 g/mol. The van der Waals surface area contributed by atoms with Gasteiger partial charge < -0.3 is 20.1 Å². The minimum atomic E-state index is -4.41. The lowest BCUT2D eigenvalue weighted by atomic mass is 10.0. The molecular formula is C35H49N3O9S. The van der Waals surface area contributed by atoms with Gasteiger partial charge in [-0.25, -0.2) is 13.2 Å². The standard InChI is InChI=1S/C35H49N3O9S/c1-25(22-30(40)36-20-18-26-14-10-8-11-15-26)32(42)37-28(23-31(41)46-34(2,3)4)29(39)24-38(33(43)47-35(5,6)7)48(44,45)21-19-27-16-12-9-13-17-27/h8-17,25,28H,18-24H2,1-7H3,(H,36,40)(H,37,42). The summed E-state index contributed by atoms with van der Waals surface area (Å²) in [6.07, 6.45) is -1.45. The molecule has 2 rings (SSSR count). The normalized spacial score (nSPS) is 13.1. The number of esters is 1. The van der Waals surface area contributed by atoms with E-state index in [1.165, 1.54) is 6.92 Å². The highest BCUT2D eigenvalue weighted by Gasteiger charge is 2.37. The number of carbonyl (C=O) groups excluding carboxylic acids is 5. The molecule has 2 N–H and O–H groups in total. The first-order valence-electron chi connectivity index (χ1n) is 15.9. The molecule has 0 fully saturated rings. The number of ether oxygens (including phenoxy) is 2. The Kier molecular flexibility index (Phi) is 14.8. The Hall–Kier alpha value is -4.26. The molecule has 0 spiro atoms. The van der Waals surface area contributed by atoms with E-state index in [4.69, 9.17) is 9.47 Å². The maximum Gasteiger partial charge on any atom is 0.424 e. The Morgan fingerprint density at radius 1 is 0.771 bits per heavy atom. The molecule has 0 aromatic heterocycles. The molecule has 2 aromatic carbocycles. The number of sulfonamides is 1. The van der Waals surface area contributed by atoms with Crippen LogP contribution < -0.4 is 10.6 Å². The van der Waals surface area contributed by atoms with Gasteiger partial charge in [-0.05, 0) is 65.5 Å². The Bertz CT molecular complexity index is 1500. The number of nitrogens with zero attached hydrogens (tertiary/aromatic N) is 1. The number of rotatable bonds is 16. The third-order valence-corrected chi connectivity index (χ3v) is 8.41. The van der Waals surface area contributed by atoms with Crippen molar-refractivity contribution in [2.75, 3.05) is 18.8 Å². The fourth-order valence-electron chi connectivity index (χ4n) is 4.39. The minimum Gasteiger partial charge on any atom is -0.460 e. The Balaban J connectivity index is 2.22. The third kappa shape index (κ3) is 15.1. The topological polar surface area (TPSA) is 165 Å². The van der Waals surface area contributed by atoms with Crippen molar-refractivity contribution >= 4 is 39.7 Å². The van der Waals surface area contributed by atoms with Gasteiger partial charge in [0, 0.05) is 18.9 Å². The van der Waals surface area contributed by atoms with Crippen LogP contribution in [0, 0.1) is 5.92 Å². The van der Waals surface area contributed by atoms with E-state index in [0.717, 1.165) is 5.56 Å². The van der Waals surface area contributed by atoms with E-state index >= 15 is 0 Å². The molecule has 48 heavy (non-hydrogen) atoms. The van der Waals surface area contributed by atoms with Crippen LogP contribution in [0.4, 0.5) is 4.79 Å². The second-order valence-electron chi connectivity index (χ2n) is 13.5. The van der Waals surface area contributed by atoms with Crippen molar-refractivity contribution < 1.29 is 41.9 Å². The number of hydrogen-bond acceptors (Lipinski definition) is 9. The Labute approximate surface area is 284 Å². The predicted molar refractivity (Wildman–Crippen MR) is 181 cm³/mol. The summed E-state index contributed by atoms with van der Waals surface area (Å²) in [5.41, 5.74) is -0.267. The van der Waals surface area contributed by atoms with Crippen molar-refractivity contribution in [2.24, 2.45) is 5.92 Å². The second kappa shape index (κ2) is 17.8. The van der Waals surface area contributed by atoms with Gasteiger partial charge in [-0.2, -0.15) is 4.31 Å². The van der Waals surface area contributed by atoms with Gasteiger partial charge in [0.2, 0.25) is 21.8 Å². The SMILES string of the molecule is CC(CC(=O)NCCc1ccccc1)C(=O)NC(CC(=O)OC(C)(C)C)C(=O)CN(C(=O)OC(C)(C)C)S(=O)(=O)CCc1ccccc1. The van der Waals surface area contributed by atoms with Crippen LogP contribution in [0.3, 0.4) is 0 Å². The summed E-state index contributed by atoms with van der Waals surface area (Å²) in [5.74, 6) is -4.29. The van der Waals surface area contributed by atoms with Gasteiger partial charge in [0.25, 0.3) is 0 Å². The summed E-state index contributed by atoms with van der Waals surface area (Å²) in [6.45, 7) is 10.4. The second-order valence-corrected chi connectivity index (χ2v) is 15.6. The zero-order chi connectivity index (χ0) is 36.1. The smallest absolute Gasteiger partial charge is 0.424 e. The summed E-state index contributed by atoms with van der Waals surface area (Å²) in [6, 6.07) is 16.7. The van der Waals surface area contributed by atoms with E-state index in [2.05, 4.69) is 10.6 Å². The molecule has 0 aliphatic carbocycles. The van der Waals surface area contributed by atoms with E-state index in [1.807, 2.05) is 30.3 Å². The molecule has 264 valence electrons. The lowest BCUT2D eigenvalue weighted by molar-refractivity contribution is -0.156. The van der Waals surface area contributed by atoms with Gasteiger partial charge in [-0.1, -0.05) is 67.6 Å². The van der Waals surface area contributed by atoms with Crippen molar-refractivity contribution in [2.45, 2.75) is 91.4 Å². The molecule has 13 heteroatoms. The van der Waals surface area contributed by atoms with Crippen LogP contribution in [0.5, 0.6) is 0 Å². The van der Waals surface area contributed by atoms with Gasteiger partial charge in [0.05, 0.1) is 18.2 Å². The highest BCUT2D eigenvalue weighted by Crippen LogP contribution is 2.17. The average Bonchev–Trinajstić information content (AvgIpc) is 2.97. The van der Waals surface area contributed by atoms with Gasteiger partial charge in [-0.3, -0.25) is 19.2 Å². The van der Waals surface area contributed by atoms with Crippen LogP contribution in [-0.4, -0.2) is 78.5 Å². The Morgan fingerprint density at radius 2 is 1.29 bits per heavy atom. The molecule has 0 bridgehead atoms. The van der Waals surface area contributed by atoms with Crippen molar-refractivity contribution in [3.05, 3.63) is 71.8 Å². The first kappa shape index (κ1) is 39.9. The number of amides is 3. The molecule has 2 aromatic rings. The van der Waals surface area contributed by atoms with Gasteiger partial charge >= 0.3 is 12.1 Å². The molecule has 2 atom stereocenters. The largest absolute Gasteiger partial charge is 0.460 e. The molecule has 0 heterocycles. The number of Topliss-reactive ketones (excluding diaryl/α,β-unsaturated/α-hetero) is 1. The van der Waals surface area contributed by atoms with Crippen molar-refractivity contribution in [3.8, 4) is 0 Å². The molecular weight excluding hydrogens is 638 g/mol. The quantitative estimate of drug-likeness (QED) is 0.249. The van der Waals surface area contributed by atoms with E-state index in [9.17, 15) is 32.4 Å². The van der Waals surface area contributed by atoms with E-state index < -0.39 is 75.7 Å². The van der Waals surface area contributed by atoms with Gasteiger partial charge in [0.1, 0.15) is 17.7 Å². The van der Waals surface area contributed by atoms with E-state index in [1.54, 1.807) is 71.9 Å². The van der Waals surface area contributed by atoms with Crippen molar-refractivity contribution in [1.29, 1.82) is 0 Å². The lowest BCUT2D eigenvalue weighted by Crippen LogP contribution is -2.51. The van der Waals surface area contributed by atoms with Crippen LogP contribution >= 0.6 is 0 Å². The maximum absolute atomic E-state index is 13.7. The number of ketones is 1. The fraction of sp³-hybridized carbons (Fsp3) is 0.514. The van der Waals surface area contributed by atoms with Crippen LogP contribution in [-0.2, 0) is 51.5 Å². The van der Waals surface area contributed by atoms with Crippen LogP contribution in [0.15, 0.2) is 60.7 Å². The minimum absolute atomic E-state index is 0.0552. The molecule has 12 nitrogen and oxygen atoms in total. The number of nitrogens with one attached hydrogen (secondary N) is 2. The first-order chi connectivity index (χ1) is 22.3. The number of hydrogen-bond donors (Lipinski definition) is 2. The van der Waals surface area contributed by atoms with Crippen LogP contribution in [0.1, 0.15) is 72.4 Å². The zero-order valence-corrected chi connectivity index (χ0v) is 29.7. The number of benzene rings is 2. The molecule has 0 aliphatic rings. The summed E-state index contributed by atoms with van der Waals surface area (Å²) in [7, 11) is -4.41. The summed E-state index contributed by atoms with van der Waals surface area (Å²) in [5, 5.41) is 5.24. The lowest BCUT2D eigenvalue weighted by Gasteiger charge is -2.28. The summed E-state index contributed by atoms with van der Waals surface area (Å²) < 4.78 is 38.0. The van der Waals surface area contributed by atoms with Crippen LogP contribution in [0.25, 0.3) is 0 Å². The zero-order valence-electron chi connectivity index (χ0n) is 28.9. The molecule has 3 amide bonds. The van der Waals surface area contributed by atoms with E-state index in [-0.39, 0.29) is 18.7 Å². The predicted octanol–water partition coefficient (Wildman–Crippen LogP) is 3.97. The highest BCUT2D eigenvalue weighted by atomic mass is 32.2.